The fourth-order valence-electron chi connectivity index (χ4n) is 2.15. The van der Waals surface area contributed by atoms with E-state index >= 15 is 0 Å². The summed E-state index contributed by atoms with van der Waals surface area (Å²) in [6, 6.07) is 0.534. The Balaban J connectivity index is 2.06. The van der Waals surface area contributed by atoms with Gasteiger partial charge in [0.1, 0.15) is 0 Å². The zero-order valence-electron chi connectivity index (χ0n) is 12.3. The maximum Gasteiger partial charge on any atom is 0.231 e. The molecule has 19 heavy (non-hydrogen) atoms. The largest absolute Gasteiger partial charge is 0.354 e. The van der Waals surface area contributed by atoms with E-state index in [0.717, 1.165) is 12.5 Å². The maximum absolute atomic E-state index is 4.44. The van der Waals surface area contributed by atoms with Crippen LogP contribution in [0.3, 0.4) is 0 Å². The molecule has 2 N–H and O–H groups in total. The van der Waals surface area contributed by atoms with Crippen molar-refractivity contribution in [2.75, 3.05) is 36.2 Å². The second-order valence-corrected chi connectivity index (χ2v) is 5.24. The van der Waals surface area contributed by atoms with Crippen molar-refractivity contribution in [2.24, 2.45) is 5.92 Å². The van der Waals surface area contributed by atoms with E-state index in [9.17, 15) is 0 Å². The predicted octanol–water partition coefficient (Wildman–Crippen LogP) is 1.97. The third-order valence-electron chi connectivity index (χ3n) is 3.26. The van der Waals surface area contributed by atoms with Gasteiger partial charge in [-0.15, -0.1) is 0 Å². The summed E-state index contributed by atoms with van der Waals surface area (Å²) in [6.45, 7) is 5.06. The summed E-state index contributed by atoms with van der Waals surface area (Å²) in [6.07, 6.45) is 3.75. The summed E-state index contributed by atoms with van der Waals surface area (Å²) < 4.78 is 0. The molecule has 2 rings (SSSR count). The SMILES string of the molecule is CCCC1CC1Nc1nc(NCC)nc(N(C)C)n1. The minimum Gasteiger partial charge on any atom is -0.354 e. The van der Waals surface area contributed by atoms with Gasteiger partial charge in [-0.25, -0.2) is 0 Å². The fourth-order valence-corrected chi connectivity index (χ4v) is 2.15. The molecule has 0 bridgehead atoms. The minimum absolute atomic E-state index is 0.534. The van der Waals surface area contributed by atoms with Crippen LogP contribution in [-0.4, -0.2) is 41.6 Å². The molecule has 1 aliphatic carbocycles. The van der Waals surface area contributed by atoms with Gasteiger partial charge in [-0.1, -0.05) is 13.3 Å². The number of hydrogen-bond donors (Lipinski definition) is 2. The lowest BCUT2D eigenvalue weighted by Gasteiger charge is -2.13. The first-order chi connectivity index (χ1) is 9.13. The third kappa shape index (κ3) is 3.68. The Morgan fingerprint density at radius 1 is 1.16 bits per heavy atom. The van der Waals surface area contributed by atoms with Gasteiger partial charge in [-0.05, 0) is 25.7 Å². The molecular weight excluding hydrogens is 240 g/mol. The van der Waals surface area contributed by atoms with Crippen molar-refractivity contribution in [3.63, 3.8) is 0 Å². The highest BCUT2D eigenvalue weighted by molar-refractivity contribution is 5.44. The molecule has 1 aliphatic rings. The molecule has 0 saturated heterocycles. The van der Waals surface area contributed by atoms with Crippen molar-refractivity contribution >= 4 is 17.8 Å². The van der Waals surface area contributed by atoms with E-state index < -0.39 is 0 Å². The van der Waals surface area contributed by atoms with Gasteiger partial charge in [0.05, 0.1) is 0 Å². The summed E-state index contributed by atoms with van der Waals surface area (Å²) in [4.78, 5) is 15.1. The average molecular weight is 264 g/mol. The average Bonchev–Trinajstić information content (AvgIpc) is 3.07. The van der Waals surface area contributed by atoms with Crippen LogP contribution in [0.1, 0.15) is 33.1 Å². The third-order valence-corrected chi connectivity index (χ3v) is 3.26. The van der Waals surface area contributed by atoms with Crippen molar-refractivity contribution in [1.82, 2.24) is 15.0 Å². The van der Waals surface area contributed by atoms with Gasteiger partial charge in [0.2, 0.25) is 17.8 Å². The monoisotopic (exact) mass is 264 g/mol. The van der Waals surface area contributed by atoms with Crippen LogP contribution in [0.25, 0.3) is 0 Å². The summed E-state index contributed by atoms with van der Waals surface area (Å²) in [5.41, 5.74) is 0. The molecule has 1 saturated carbocycles. The zero-order valence-corrected chi connectivity index (χ0v) is 12.3. The van der Waals surface area contributed by atoms with E-state index in [1.165, 1.54) is 19.3 Å². The van der Waals surface area contributed by atoms with Crippen molar-refractivity contribution in [3.05, 3.63) is 0 Å². The van der Waals surface area contributed by atoms with Crippen LogP contribution < -0.4 is 15.5 Å². The first-order valence-corrected chi connectivity index (χ1v) is 7.07. The Morgan fingerprint density at radius 3 is 2.53 bits per heavy atom. The van der Waals surface area contributed by atoms with E-state index in [1.54, 1.807) is 0 Å². The van der Waals surface area contributed by atoms with Gasteiger partial charge in [-0.2, -0.15) is 15.0 Å². The van der Waals surface area contributed by atoms with E-state index in [-0.39, 0.29) is 0 Å². The molecule has 2 unspecified atom stereocenters. The first kappa shape index (κ1) is 13.8. The first-order valence-electron chi connectivity index (χ1n) is 7.07. The number of hydrogen-bond acceptors (Lipinski definition) is 6. The van der Waals surface area contributed by atoms with Crippen LogP contribution in [0, 0.1) is 5.92 Å². The molecule has 6 nitrogen and oxygen atoms in total. The van der Waals surface area contributed by atoms with Crippen LogP contribution in [0.5, 0.6) is 0 Å². The van der Waals surface area contributed by atoms with Crippen LogP contribution in [-0.2, 0) is 0 Å². The molecule has 1 aromatic rings. The van der Waals surface area contributed by atoms with E-state index in [4.69, 9.17) is 0 Å². The van der Waals surface area contributed by atoms with E-state index in [2.05, 4.69) is 32.5 Å². The quantitative estimate of drug-likeness (QED) is 0.785. The molecule has 1 heterocycles. The van der Waals surface area contributed by atoms with Gasteiger partial charge in [0, 0.05) is 26.7 Å². The van der Waals surface area contributed by atoms with Gasteiger partial charge in [0.15, 0.2) is 0 Å². The number of aromatic nitrogens is 3. The minimum atomic E-state index is 0.534. The number of nitrogens with zero attached hydrogens (tertiary/aromatic N) is 4. The van der Waals surface area contributed by atoms with Gasteiger partial charge < -0.3 is 15.5 Å². The molecule has 106 valence electrons. The second kappa shape index (κ2) is 6.04. The molecule has 1 aromatic heterocycles. The Kier molecular flexibility index (Phi) is 4.39. The molecule has 0 spiro atoms. The predicted molar refractivity (Wildman–Crippen MR) is 78.7 cm³/mol. The van der Waals surface area contributed by atoms with E-state index in [1.807, 2.05) is 25.9 Å². The highest BCUT2D eigenvalue weighted by Crippen LogP contribution is 2.36. The Hall–Kier alpha value is -1.59. The molecule has 0 radical (unpaired) electrons. The summed E-state index contributed by atoms with van der Waals surface area (Å²) >= 11 is 0. The molecule has 6 heteroatoms. The zero-order chi connectivity index (χ0) is 13.8. The Bertz CT molecular complexity index is 420. The Labute approximate surface area is 115 Å². The summed E-state index contributed by atoms with van der Waals surface area (Å²) in [5, 5.41) is 6.56. The molecule has 1 fully saturated rings. The van der Waals surface area contributed by atoms with Crippen LogP contribution >= 0.6 is 0 Å². The highest BCUT2D eigenvalue weighted by atomic mass is 15.3. The second-order valence-electron chi connectivity index (χ2n) is 5.24. The molecule has 0 amide bonds. The van der Waals surface area contributed by atoms with Crippen molar-refractivity contribution in [2.45, 2.75) is 39.2 Å². The van der Waals surface area contributed by atoms with Crippen LogP contribution in [0.15, 0.2) is 0 Å². The number of anilines is 3. The fraction of sp³-hybridized carbons (Fsp3) is 0.769. The van der Waals surface area contributed by atoms with Gasteiger partial charge >= 0.3 is 0 Å². The van der Waals surface area contributed by atoms with Crippen molar-refractivity contribution in [3.8, 4) is 0 Å². The van der Waals surface area contributed by atoms with E-state index in [0.29, 0.717) is 23.9 Å². The van der Waals surface area contributed by atoms with Gasteiger partial charge in [0.25, 0.3) is 0 Å². The summed E-state index contributed by atoms with van der Waals surface area (Å²) in [7, 11) is 3.87. The van der Waals surface area contributed by atoms with Crippen molar-refractivity contribution in [1.29, 1.82) is 0 Å². The van der Waals surface area contributed by atoms with Crippen molar-refractivity contribution < 1.29 is 0 Å². The van der Waals surface area contributed by atoms with Gasteiger partial charge in [-0.3, -0.25) is 0 Å². The highest BCUT2D eigenvalue weighted by Gasteiger charge is 2.36. The van der Waals surface area contributed by atoms with Crippen LogP contribution in [0.4, 0.5) is 17.8 Å². The topological polar surface area (TPSA) is 66.0 Å². The van der Waals surface area contributed by atoms with Crippen LogP contribution in [0.2, 0.25) is 0 Å². The lowest BCUT2D eigenvalue weighted by Crippen LogP contribution is -2.18. The number of rotatable bonds is 7. The Morgan fingerprint density at radius 2 is 1.89 bits per heavy atom. The smallest absolute Gasteiger partial charge is 0.231 e. The molecular formula is C13H24N6. The molecule has 2 atom stereocenters. The standard InChI is InChI=1S/C13H24N6/c1-5-7-9-8-10(9)15-12-16-11(14-6-2)17-13(18-12)19(3)4/h9-10H,5-8H2,1-4H3,(H2,14,15,16,17,18). The normalized spacial score (nSPS) is 21.1. The number of nitrogens with one attached hydrogen (secondary N) is 2. The summed E-state index contributed by atoms with van der Waals surface area (Å²) in [5.74, 6) is 2.78. The molecule has 0 aliphatic heterocycles. The lowest BCUT2D eigenvalue weighted by molar-refractivity contribution is 0.691. The molecule has 0 aromatic carbocycles. The maximum atomic E-state index is 4.44. The lowest BCUT2D eigenvalue weighted by atomic mass is 10.2.